The number of benzene rings is 1. The van der Waals surface area contributed by atoms with E-state index >= 15 is 0 Å². The van der Waals surface area contributed by atoms with E-state index in [4.69, 9.17) is 9.47 Å². The molecule has 0 saturated heterocycles. The summed E-state index contributed by atoms with van der Waals surface area (Å²) in [4.78, 5) is 23.8. The molecule has 0 radical (unpaired) electrons. The zero-order valence-corrected chi connectivity index (χ0v) is 13.9. The predicted octanol–water partition coefficient (Wildman–Crippen LogP) is 3.38. The standard InChI is InChI=1S/C15H20BrNO4/c1-3-8-21-15(19)12-10-11(16)5-6-13(12)17-14(18)7-9-20-4-2/h5-6,10H,3-4,7-9H2,1-2H3,(H,17,18). The molecule has 1 rings (SSSR count). The SMILES string of the molecule is CCCOC(=O)c1cc(Br)ccc1NC(=O)CCOCC. The van der Waals surface area contributed by atoms with Crippen molar-refractivity contribution in [3.63, 3.8) is 0 Å². The zero-order chi connectivity index (χ0) is 15.7. The number of carbonyl (C=O) groups excluding carboxylic acids is 2. The first-order valence-corrected chi connectivity index (χ1v) is 7.72. The molecule has 6 heteroatoms. The summed E-state index contributed by atoms with van der Waals surface area (Å²) in [7, 11) is 0. The van der Waals surface area contributed by atoms with Crippen LogP contribution in [0.25, 0.3) is 0 Å². The van der Waals surface area contributed by atoms with Gasteiger partial charge in [-0.25, -0.2) is 4.79 Å². The molecule has 0 heterocycles. The average molecular weight is 358 g/mol. The average Bonchev–Trinajstić information content (AvgIpc) is 2.47. The van der Waals surface area contributed by atoms with Crippen molar-refractivity contribution < 1.29 is 19.1 Å². The Hall–Kier alpha value is -1.40. The van der Waals surface area contributed by atoms with Crippen molar-refractivity contribution in [3.8, 4) is 0 Å². The largest absolute Gasteiger partial charge is 0.462 e. The molecular formula is C15H20BrNO4. The van der Waals surface area contributed by atoms with Crippen LogP contribution >= 0.6 is 15.9 Å². The van der Waals surface area contributed by atoms with E-state index in [1.165, 1.54) is 0 Å². The Labute approximate surface area is 133 Å². The Bertz CT molecular complexity index is 491. The highest BCUT2D eigenvalue weighted by Crippen LogP contribution is 2.22. The molecular weight excluding hydrogens is 338 g/mol. The molecule has 0 unspecified atom stereocenters. The monoisotopic (exact) mass is 357 g/mol. The Morgan fingerprint density at radius 3 is 2.67 bits per heavy atom. The van der Waals surface area contributed by atoms with Crippen molar-refractivity contribution in [3.05, 3.63) is 28.2 Å². The second-order valence-electron chi connectivity index (χ2n) is 4.32. The smallest absolute Gasteiger partial charge is 0.340 e. The molecule has 5 nitrogen and oxygen atoms in total. The quantitative estimate of drug-likeness (QED) is 0.572. The molecule has 0 atom stereocenters. The number of carbonyl (C=O) groups is 2. The highest BCUT2D eigenvalue weighted by molar-refractivity contribution is 9.10. The number of hydrogen-bond acceptors (Lipinski definition) is 4. The second kappa shape index (κ2) is 9.52. The minimum absolute atomic E-state index is 0.199. The van der Waals surface area contributed by atoms with Crippen molar-refractivity contribution in [2.24, 2.45) is 0 Å². The molecule has 116 valence electrons. The first-order valence-electron chi connectivity index (χ1n) is 6.92. The van der Waals surface area contributed by atoms with Crippen LogP contribution in [0.2, 0.25) is 0 Å². The molecule has 0 aliphatic heterocycles. The molecule has 0 aliphatic rings. The van der Waals surface area contributed by atoms with Crippen LogP contribution in [0.3, 0.4) is 0 Å². The summed E-state index contributed by atoms with van der Waals surface area (Å²) >= 11 is 3.31. The highest BCUT2D eigenvalue weighted by atomic mass is 79.9. The Morgan fingerprint density at radius 1 is 1.24 bits per heavy atom. The van der Waals surface area contributed by atoms with Gasteiger partial charge in [0.05, 0.1) is 30.9 Å². The third-order valence-corrected chi connectivity index (χ3v) is 3.08. The third kappa shape index (κ3) is 6.27. The summed E-state index contributed by atoms with van der Waals surface area (Å²) in [6, 6.07) is 5.07. The molecule has 1 aromatic carbocycles. The molecule has 0 fully saturated rings. The van der Waals surface area contributed by atoms with Gasteiger partial charge in [-0.1, -0.05) is 22.9 Å². The van der Waals surface area contributed by atoms with Gasteiger partial charge in [0.2, 0.25) is 5.91 Å². The summed E-state index contributed by atoms with van der Waals surface area (Å²) in [6.07, 6.45) is 0.989. The maximum atomic E-state index is 12.0. The van der Waals surface area contributed by atoms with E-state index in [9.17, 15) is 9.59 Å². The number of anilines is 1. The van der Waals surface area contributed by atoms with Gasteiger partial charge < -0.3 is 14.8 Å². The maximum Gasteiger partial charge on any atom is 0.340 e. The van der Waals surface area contributed by atoms with Gasteiger partial charge in [-0.3, -0.25) is 4.79 Å². The van der Waals surface area contributed by atoms with Gasteiger partial charge in [0.25, 0.3) is 0 Å². The molecule has 0 aromatic heterocycles. The van der Waals surface area contributed by atoms with Gasteiger partial charge in [0.15, 0.2) is 0 Å². The lowest BCUT2D eigenvalue weighted by molar-refractivity contribution is -0.117. The van der Waals surface area contributed by atoms with Gasteiger partial charge in [0, 0.05) is 11.1 Å². The van der Waals surface area contributed by atoms with Gasteiger partial charge >= 0.3 is 5.97 Å². The first kappa shape index (κ1) is 17.7. The molecule has 21 heavy (non-hydrogen) atoms. The van der Waals surface area contributed by atoms with Crippen LogP contribution in [0, 0.1) is 0 Å². The lowest BCUT2D eigenvalue weighted by atomic mass is 10.1. The van der Waals surface area contributed by atoms with Gasteiger partial charge in [-0.05, 0) is 31.5 Å². The number of amides is 1. The summed E-state index contributed by atoms with van der Waals surface area (Å²) < 4.78 is 11.0. The maximum absolute atomic E-state index is 12.0. The Balaban J connectivity index is 2.76. The van der Waals surface area contributed by atoms with Crippen LogP contribution < -0.4 is 5.32 Å². The number of nitrogens with one attached hydrogen (secondary N) is 1. The molecule has 1 N–H and O–H groups in total. The number of esters is 1. The van der Waals surface area contributed by atoms with E-state index in [0.29, 0.717) is 31.1 Å². The normalized spacial score (nSPS) is 10.2. The topological polar surface area (TPSA) is 64.6 Å². The molecule has 0 spiro atoms. The van der Waals surface area contributed by atoms with E-state index < -0.39 is 5.97 Å². The lowest BCUT2D eigenvalue weighted by Gasteiger charge is -2.11. The van der Waals surface area contributed by atoms with Gasteiger partial charge in [-0.15, -0.1) is 0 Å². The van der Waals surface area contributed by atoms with Gasteiger partial charge in [-0.2, -0.15) is 0 Å². The molecule has 0 aliphatic carbocycles. The number of rotatable bonds is 8. The Kier molecular flexibility index (Phi) is 8.00. The molecule has 1 aromatic rings. The highest BCUT2D eigenvalue weighted by Gasteiger charge is 2.15. The number of ether oxygens (including phenoxy) is 2. The van der Waals surface area contributed by atoms with Crippen molar-refractivity contribution in [1.29, 1.82) is 0 Å². The van der Waals surface area contributed by atoms with E-state index in [1.54, 1.807) is 18.2 Å². The molecule has 0 bridgehead atoms. The van der Waals surface area contributed by atoms with E-state index in [-0.39, 0.29) is 12.3 Å². The van der Waals surface area contributed by atoms with Crippen LogP contribution in [0.1, 0.15) is 37.0 Å². The predicted molar refractivity (Wildman–Crippen MR) is 84.5 cm³/mol. The van der Waals surface area contributed by atoms with E-state index in [1.807, 2.05) is 13.8 Å². The van der Waals surface area contributed by atoms with Crippen LogP contribution in [-0.4, -0.2) is 31.7 Å². The minimum atomic E-state index is -0.446. The van der Waals surface area contributed by atoms with E-state index in [0.717, 1.165) is 10.9 Å². The fourth-order valence-electron chi connectivity index (χ4n) is 1.59. The van der Waals surface area contributed by atoms with Crippen LogP contribution in [0.15, 0.2) is 22.7 Å². The van der Waals surface area contributed by atoms with Gasteiger partial charge in [0.1, 0.15) is 0 Å². The summed E-state index contributed by atoms with van der Waals surface area (Å²) in [5.41, 5.74) is 0.781. The van der Waals surface area contributed by atoms with Crippen LogP contribution in [0.4, 0.5) is 5.69 Å². The molecule has 1 amide bonds. The summed E-state index contributed by atoms with van der Waals surface area (Å²) in [5, 5.41) is 2.71. The van der Waals surface area contributed by atoms with Crippen molar-refractivity contribution in [2.75, 3.05) is 25.1 Å². The van der Waals surface area contributed by atoms with Crippen molar-refractivity contribution >= 4 is 33.5 Å². The Morgan fingerprint density at radius 2 is 2.00 bits per heavy atom. The van der Waals surface area contributed by atoms with Crippen molar-refractivity contribution in [2.45, 2.75) is 26.7 Å². The fourth-order valence-corrected chi connectivity index (χ4v) is 1.95. The van der Waals surface area contributed by atoms with E-state index in [2.05, 4.69) is 21.2 Å². The zero-order valence-electron chi connectivity index (χ0n) is 12.3. The number of hydrogen-bond donors (Lipinski definition) is 1. The van der Waals surface area contributed by atoms with Crippen LogP contribution in [0.5, 0.6) is 0 Å². The van der Waals surface area contributed by atoms with Crippen LogP contribution in [-0.2, 0) is 14.3 Å². The summed E-state index contributed by atoms with van der Waals surface area (Å²) in [5.74, 6) is -0.645. The summed E-state index contributed by atoms with van der Waals surface area (Å²) in [6.45, 7) is 5.07. The first-order chi connectivity index (χ1) is 10.1. The number of halogens is 1. The molecule has 0 saturated carbocycles. The second-order valence-corrected chi connectivity index (χ2v) is 5.24. The minimum Gasteiger partial charge on any atom is -0.462 e. The lowest BCUT2D eigenvalue weighted by Crippen LogP contribution is -2.17. The third-order valence-electron chi connectivity index (χ3n) is 2.59. The fraction of sp³-hybridized carbons (Fsp3) is 0.467. The van der Waals surface area contributed by atoms with Crippen molar-refractivity contribution in [1.82, 2.24) is 0 Å².